The number of halogens is 1. The average molecular weight is 388 g/mol. The predicted octanol–water partition coefficient (Wildman–Crippen LogP) is 3.47. The predicted molar refractivity (Wildman–Crippen MR) is 96.1 cm³/mol. The number of hydrogen-bond donors (Lipinski definition) is 1. The maximum atomic E-state index is 12.4. The van der Waals surface area contributed by atoms with Gasteiger partial charge in [-0.25, -0.2) is 0 Å². The number of anilines is 1. The lowest BCUT2D eigenvalue weighted by molar-refractivity contribution is 0.101. The Labute approximate surface area is 148 Å². The van der Waals surface area contributed by atoms with E-state index in [2.05, 4.69) is 56.6 Å². The van der Waals surface area contributed by atoms with Gasteiger partial charge in [-0.15, -0.1) is 0 Å². The highest BCUT2D eigenvalue weighted by atomic mass is 79.9. The van der Waals surface area contributed by atoms with E-state index in [1.165, 1.54) is 11.1 Å². The fourth-order valence-corrected chi connectivity index (χ4v) is 2.99. The smallest absolute Gasteiger partial charge is 0.276 e. The molecular formula is C17H18BrN5O. The Balaban J connectivity index is 1.72. The van der Waals surface area contributed by atoms with Crippen molar-refractivity contribution in [3.8, 4) is 0 Å². The minimum absolute atomic E-state index is 0.234. The van der Waals surface area contributed by atoms with E-state index in [1.54, 1.807) is 21.6 Å². The van der Waals surface area contributed by atoms with E-state index in [0.717, 1.165) is 0 Å². The third-order valence-corrected chi connectivity index (χ3v) is 4.20. The van der Waals surface area contributed by atoms with E-state index in [9.17, 15) is 4.79 Å². The molecule has 7 heteroatoms. The summed E-state index contributed by atoms with van der Waals surface area (Å²) in [7, 11) is 0. The van der Waals surface area contributed by atoms with Gasteiger partial charge in [0.05, 0.1) is 17.2 Å². The minimum atomic E-state index is -0.234. The summed E-state index contributed by atoms with van der Waals surface area (Å²) >= 11 is 3.36. The van der Waals surface area contributed by atoms with E-state index in [1.807, 2.05) is 19.2 Å². The molecule has 0 aliphatic rings. The van der Waals surface area contributed by atoms with Gasteiger partial charge >= 0.3 is 0 Å². The van der Waals surface area contributed by atoms with E-state index in [0.29, 0.717) is 29.1 Å². The first-order valence-electron chi connectivity index (χ1n) is 7.68. The van der Waals surface area contributed by atoms with Crippen molar-refractivity contribution < 1.29 is 4.79 Å². The zero-order chi connectivity index (χ0) is 17.1. The van der Waals surface area contributed by atoms with Gasteiger partial charge in [0.1, 0.15) is 5.69 Å². The van der Waals surface area contributed by atoms with Crippen LogP contribution in [0.1, 0.15) is 28.5 Å². The quantitative estimate of drug-likeness (QED) is 0.728. The van der Waals surface area contributed by atoms with Crippen LogP contribution in [0.5, 0.6) is 0 Å². The van der Waals surface area contributed by atoms with Crippen LogP contribution in [0, 0.1) is 6.92 Å². The van der Waals surface area contributed by atoms with Crippen LogP contribution in [0.25, 0.3) is 0 Å². The van der Waals surface area contributed by atoms with Gasteiger partial charge in [0.25, 0.3) is 5.91 Å². The Bertz CT molecular complexity index is 868. The monoisotopic (exact) mass is 387 g/mol. The maximum Gasteiger partial charge on any atom is 0.276 e. The lowest BCUT2D eigenvalue weighted by Gasteiger charge is -2.06. The molecule has 1 aromatic carbocycles. The second-order valence-electron chi connectivity index (χ2n) is 5.50. The molecule has 0 bridgehead atoms. The van der Waals surface area contributed by atoms with Gasteiger partial charge in [0.2, 0.25) is 0 Å². The number of nitrogens with one attached hydrogen (secondary N) is 1. The molecule has 0 atom stereocenters. The Morgan fingerprint density at radius 3 is 2.92 bits per heavy atom. The summed E-state index contributed by atoms with van der Waals surface area (Å²) in [6.45, 7) is 5.28. The van der Waals surface area contributed by atoms with Gasteiger partial charge in [-0.1, -0.05) is 29.8 Å². The largest absolute Gasteiger partial charge is 0.304 e. The molecule has 0 aliphatic heterocycles. The van der Waals surface area contributed by atoms with Crippen molar-refractivity contribution in [2.75, 3.05) is 5.32 Å². The van der Waals surface area contributed by atoms with Gasteiger partial charge < -0.3 is 5.32 Å². The molecule has 1 amide bonds. The van der Waals surface area contributed by atoms with Crippen LogP contribution < -0.4 is 5.32 Å². The molecule has 1 N–H and O–H groups in total. The molecule has 0 spiro atoms. The number of aromatic nitrogens is 4. The highest BCUT2D eigenvalue weighted by molar-refractivity contribution is 9.10. The van der Waals surface area contributed by atoms with Crippen molar-refractivity contribution in [3.05, 3.63) is 64.0 Å². The van der Waals surface area contributed by atoms with Crippen molar-refractivity contribution >= 4 is 27.7 Å². The van der Waals surface area contributed by atoms with Crippen LogP contribution in [0.15, 0.2) is 47.2 Å². The number of carbonyl (C=O) groups is 1. The topological polar surface area (TPSA) is 64.7 Å². The molecular weight excluding hydrogens is 370 g/mol. The number of hydrogen-bond acceptors (Lipinski definition) is 3. The number of amides is 1. The summed E-state index contributed by atoms with van der Waals surface area (Å²) < 4.78 is 4.11. The molecule has 2 aromatic heterocycles. The number of benzene rings is 1. The highest BCUT2D eigenvalue weighted by Crippen LogP contribution is 2.17. The van der Waals surface area contributed by atoms with Gasteiger partial charge in [-0.3, -0.25) is 14.2 Å². The fourth-order valence-electron chi connectivity index (χ4n) is 2.52. The van der Waals surface area contributed by atoms with E-state index in [-0.39, 0.29) is 5.91 Å². The van der Waals surface area contributed by atoms with Crippen LogP contribution >= 0.6 is 15.9 Å². The molecule has 0 saturated heterocycles. The van der Waals surface area contributed by atoms with Crippen molar-refractivity contribution in [2.24, 2.45) is 0 Å². The molecule has 3 rings (SSSR count). The lowest BCUT2D eigenvalue weighted by atomic mass is 10.1. The minimum Gasteiger partial charge on any atom is -0.304 e. The first-order chi connectivity index (χ1) is 11.6. The van der Waals surface area contributed by atoms with Crippen LogP contribution in [0.4, 0.5) is 5.82 Å². The van der Waals surface area contributed by atoms with E-state index >= 15 is 0 Å². The zero-order valence-electron chi connectivity index (χ0n) is 13.5. The third kappa shape index (κ3) is 3.56. The van der Waals surface area contributed by atoms with Crippen molar-refractivity contribution in [1.29, 1.82) is 0 Å². The average Bonchev–Trinajstić information content (AvgIpc) is 3.13. The number of carbonyl (C=O) groups excluding carboxylic acids is 1. The van der Waals surface area contributed by atoms with E-state index in [4.69, 9.17) is 0 Å². The molecule has 0 radical (unpaired) electrons. The standard InChI is InChI=1S/C17H18BrN5O/c1-3-23-16(14(18)10-19-23)17(24)20-15-7-8-22(21-15)11-13-6-4-5-12(2)9-13/h4-10H,3,11H2,1-2H3,(H,20,21,24). The summed E-state index contributed by atoms with van der Waals surface area (Å²) in [6.07, 6.45) is 3.47. The molecule has 24 heavy (non-hydrogen) atoms. The zero-order valence-corrected chi connectivity index (χ0v) is 15.1. The fraction of sp³-hybridized carbons (Fsp3) is 0.235. The lowest BCUT2D eigenvalue weighted by Crippen LogP contribution is -2.18. The molecule has 6 nitrogen and oxygen atoms in total. The molecule has 0 aliphatic carbocycles. The molecule has 2 heterocycles. The highest BCUT2D eigenvalue weighted by Gasteiger charge is 2.17. The molecule has 0 fully saturated rings. The van der Waals surface area contributed by atoms with Crippen molar-refractivity contribution in [2.45, 2.75) is 26.9 Å². The Morgan fingerprint density at radius 1 is 1.33 bits per heavy atom. The van der Waals surface area contributed by atoms with Crippen LogP contribution in [0.3, 0.4) is 0 Å². The number of rotatable bonds is 5. The van der Waals surface area contributed by atoms with Crippen LogP contribution in [-0.4, -0.2) is 25.5 Å². The molecule has 3 aromatic rings. The Morgan fingerprint density at radius 2 is 2.17 bits per heavy atom. The normalized spacial score (nSPS) is 10.8. The van der Waals surface area contributed by atoms with Crippen LogP contribution in [-0.2, 0) is 13.1 Å². The van der Waals surface area contributed by atoms with E-state index < -0.39 is 0 Å². The third-order valence-electron chi connectivity index (χ3n) is 3.62. The molecule has 124 valence electrons. The second kappa shape index (κ2) is 7.00. The van der Waals surface area contributed by atoms with Crippen molar-refractivity contribution in [1.82, 2.24) is 19.6 Å². The Kier molecular flexibility index (Phi) is 4.80. The molecule has 0 unspecified atom stereocenters. The number of aryl methyl sites for hydroxylation is 2. The summed E-state index contributed by atoms with van der Waals surface area (Å²) in [4.78, 5) is 12.4. The second-order valence-corrected chi connectivity index (χ2v) is 6.35. The number of nitrogens with zero attached hydrogens (tertiary/aromatic N) is 4. The van der Waals surface area contributed by atoms with Gasteiger partial charge in [0.15, 0.2) is 5.82 Å². The first-order valence-corrected chi connectivity index (χ1v) is 8.47. The van der Waals surface area contributed by atoms with Crippen molar-refractivity contribution in [3.63, 3.8) is 0 Å². The van der Waals surface area contributed by atoms with Gasteiger partial charge in [-0.2, -0.15) is 10.2 Å². The van der Waals surface area contributed by atoms with Gasteiger partial charge in [0, 0.05) is 18.8 Å². The summed E-state index contributed by atoms with van der Waals surface area (Å²) in [6, 6.07) is 10.1. The summed E-state index contributed by atoms with van der Waals surface area (Å²) in [5.74, 6) is 0.283. The van der Waals surface area contributed by atoms with Crippen LogP contribution in [0.2, 0.25) is 0 Å². The molecule has 0 saturated carbocycles. The summed E-state index contributed by atoms with van der Waals surface area (Å²) in [5.41, 5.74) is 2.87. The maximum absolute atomic E-state index is 12.4. The first kappa shape index (κ1) is 16.4. The van der Waals surface area contributed by atoms with Gasteiger partial charge in [-0.05, 0) is 35.3 Å². The summed E-state index contributed by atoms with van der Waals surface area (Å²) in [5, 5.41) is 11.4. The Hall–Kier alpha value is -2.41. The SMILES string of the molecule is CCn1ncc(Br)c1C(=O)Nc1ccn(Cc2cccc(C)c2)n1.